The molecule has 0 aliphatic heterocycles. The van der Waals surface area contributed by atoms with Crippen molar-refractivity contribution in [2.75, 3.05) is 6.61 Å². The summed E-state index contributed by atoms with van der Waals surface area (Å²) in [5.41, 5.74) is 8.30. The van der Waals surface area contributed by atoms with E-state index in [1.165, 1.54) is 5.56 Å². The third kappa shape index (κ3) is 4.92. The predicted molar refractivity (Wildman–Crippen MR) is 89.4 cm³/mol. The molecule has 0 aromatic heterocycles. The van der Waals surface area contributed by atoms with E-state index < -0.39 is 0 Å². The van der Waals surface area contributed by atoms with Crippen molar-refractivity contribution >= 4 is 23.2 Å². The fourth-order valence-corrected chi connectivity index (χ4v) is 2.52. The molecule has 112 valence electrons. The van der Waals surface area contributed by atoms with Crippen LogP contribution < -0.4 is 10.5 Å². The number of nitrogens with two attached hydrogens (primary N) is 1. The highest BCUT2D eigenvalue weighted by Gasteiger charge is 2.09. The molecule has 0 saturated heterocycles. The highest BCUT2D eigenvalue weighted by atomic mass is 35.5. The van der Waals surface area contributed by atoms with Crippen LogP contribution in [0.2, 0.25) is 10.0 Å². The Labute approximate surface area is 135 Å². The molecular formula is C17H19Cl2NO. The van der Waals surface area contributed by atoms with Gasteiger partial charge in [-0.25, -0.2) is 0 Å². The molecule has 2 aromatic rings. The quantitative estimate of drug-likeness (QED) is 0.840. The van der Waals surface area contributed by atoms with Gasteiger partial charge in [0.2, 0.25) is 0 Å². The van der Waals surface area contributed by atoms with Crippen molar-refractivity contribution in [2.45, 2.75) is 25.8 Å². The minimum absolute atomic E-state index is 0.00854. The number of rotatable bonds is 6. The average molecular weight is 324 g/mol. The summed E-state index contributed by atoms with van der Waals surface area (Å²) in [5.74, 6) is 0.878. The lowest BCUT2D eigenvalue weighted by atomic mass is 10.0. The van der Waals surface area contributed by atoms with E-state index in [1.54, 1.807) is 6.07 Å². The first kappa shape index (κ1) is 16.2. The fraction of sp³-hybridized carbons (Fsp3) is 0.294. The van der Waals surface area contributed by atoms with Crippen molar-refractivity contribution in [3.63, 3.8) is 0 Å². The molecule has 2 rings (SSSR count). The zero-order chi connectivity index (χ0) is 15.2. The monoisotopic (exact) mass is 323 g/mol. The number of hydrogen-bond donors (Lipinski definition) is 1. The molecule has 1 atom stereocenters. The number of halogens is 2. The summed E-state index contributed by atoms with van der Waals surface area (Å²) in [5, 5.41) is 1.16. The minimum Gasteiger partial charge on any atom is -0.494 e. The second-order valence-electron chi connectivity index (χ2n) is 5.13. The van der Waals surface area contributed by atoms with Crippen molar-refractivity contribution in [2.24, 2.45) is 5.73 Å². The van der Waals surface area contributed by atoms with Crippen molar-refractivity contribution in [1.29, 1.82) is 0 Å². The van der Waals surface area contributed by atoms with E-state index in [4.69, 9.17) is 33.7 Å². The number of aryl methyl sites for hydroxylation is 1. The molecule has 2 aromatic carbocycles. The third-order valence-corrected chi connectivity index (χ3v) is 4.12. The van der Waals surface area contributed by atoms with Crippen LogP contribution in [-0.4, -0.2) is 12.6 Å². The lowest BCUT2D eigenvalue weighted by molar-refractivity contribution is 0.297. The highest BCUT2D eigenvalue weighted by molar-refractivity contribution is 6.42. The Morgan fingerprint density at radius 1 is 1.14 bits per heavy atom. The van der Waals surface area contributed by atoms with E-state index in [9.17, 15) is 0 Å². The van der Waals surface area contributed by atoms with Crippen molar-refractivity contribution in [3.8, 4) is 5.75 Å². The van der Waals surface area contributed by atoms with Gasteiger partial charge in [-0.2, -0.15) is 0 Å². The molecule has 0 heterocycles. The molecule has 0 spiro atoms. The molecule has 1 unspecified atom stereocenters. The number of ether oxygens (including phenoxy) is 1. The van der Waals surface area contributed by atoms with E-state index in [-0.39, 0.29) is 6.04 Å². The molecule has 4 heteroatoms. The molecule has 0 aliphatic carbocycles. The molecule has 0 bridgehead atoms. The van der Waals surface area contributed by atoms with E-state index >= 15 is 0 Å². The average Bonchev–Trinajstić information content (AvgIpc) is 2.44. The van der Waals surface area contributed by atoms with Gasteiger partial charge in [0.05, 0.1) is 16.7 Å². The molecule has 0 saturated carbocycles. The van der Waals surface area contributed by atoms with Crippen LogP contribution in [-0.2, 0) is 6.42 Å². The molecular weight excluding hydrogens is 305 g/mol. The largest absolute Gasteiger partial charge is 0.494 e. The minimum atomic E-state index is -0.00854. The summed E-state index contributed by atoms with van der Waals surface area (Å²) >= 11 is 12.2. The second-order valence-corrected chi connectivity index (χ2v) is 5.92. The molecule has 0 aliphatic rings. The maximum atomic E-state index is 6.17. The maximum Gasteiger partial charge on any atom is 0.119 e. The van der Waals surface area contributed by atoms with E-state index in [1.807, 2.05) is 43.3 Å². The smallest absolute Gasteiger partial charge is 0.119 e. The topological polar surface area (TPSA) is 35.2 Å². The van der Waals surface area contributed by atoms with Crippen molar-refractivity contribution in [1.82, 2.24) is 0 Å². The van der Waals surface area contributed by atoms with Crippen LogP contribution in [0.3, 0.4) is 0 Å². The Morgan fingerprint density at radius 3 is 2.67 bits per heavy atom. The Kier molecular flexibility index (Phi) is 5.92. The second kappa shape index (κ2) is 7.69. The molecule has 2 N–H and O–H groups in total. The lowest BCUT2D eigenvalue weighted by Crippen LogP contribution is -2.25. The van der Waals surface area contributed by atoms with E-state index in [0.29, 0.717) is 23.1 Å². The fourth-order valence-electron chi connectivity index (χ4n) is 2.12. The maximum absolute atomic E-state index is 6.17. The zero-order valence-corrected chi connectivity index (χ0v) is 13.5. The van der Waals surface area contributed by atoms with Gasteiger partial charge in [-0.1, -0.05) is 47.5 Å². The number of hydrogen-bond acceptors (Lipinski definition) is 2. The lowest BCUT2D eigenvalue weighted by Gasteiger charge is -2.14. The van der Waals surface area contributed by atoms with Crippen LogP contribution in [0, 0.1) is 6.92 Å². The van der Waals surface area contributed by atoms with Crippen LogP contribution in [0.25, 0.3) is 0 Å². The van der Waals surface area contributed by atoms with Crippen LogP contribution in [0.15, 0.2) is 42.5 Å². The first-order valence-electron chi connectivity index (χ1n) is 6.94. The van der Waals surface area contributed by atoms with Gasteiger partial charge in [0, 0.05) is 6.04 Å². The predicted octanol–water partition coefficient (Wildman–Crippen LogP) is 4.64. The van der Waals surface area contributed by atoms with Gasteiger partial charge in [-0.05, 0) is 49.1 Å². The summed E-state index contributed by atoms with van der Waals surface area (Å²) in [4.78, 5) is 0. The Balaban J connectivity index is 1.82. The van der Waals surface area contributed by atoms with Crippen molar-refractivity contribution < 1.29 is 4.74 Å². The van der Waals surface area contributed by atoms with E-state index in [0.717, 1.165) is 17.7 Å². The molecule has 2 nitrogen and oxygen atoms in total. The first-order chi connectivity index (χ1) is 10.1. The Hall–Kier alpha value is -1.22. The summed E-state index contributed by atoms with van der Waals surface area (Å²) in [6.45, 7) is 2.63. The molecule has 0 fully saturated rings. The first-order valence-corrected chi connectivity index (χ1v) is 7.70. The molecule has 0 radical (unpaired) electrons. The van der Waals surface area contributed by atoms with Gasteiger partial charge in [0.15, 0.2) is 0 Å². The van der Waals surface area contributed by atoms with Crippen molar-refractivity contribution in [3.05, 3.63) is 63.6 Å². The van der Waals surface area contributed by atoms with Gasteiger partial charge < -0.3 is 10.5 Å². The third-order valence-electron chi connectivity index (χ3n) is 3.26. The summed E-state index contributed by atoms with van der Waals surface area (Å²) in [7, 11) is 0. The highest BCUT2D eigenvalue weighted by Crippen LogP contribution is 2.26. The zero-order valence-electron chi connectivity index (χ0n) is 12.0. The van der Waals surface area contributed by atoms with Crippen LogP contribution in [0.5, 0.6) is 5.75 Å². The summed E-state index contributed by atoms with van der Waals surface area (Å²) < 4.78 is 5.71. The normalized spacial score (nSPS) is 12.2. The van der Waals surface area contributed by atoms with Crippen LogP contribution in [0.4, 0.5) is 0 Å². The van der Waals surface area contributed by atoms with Gasteiger partial charge in [-0.15, -0.1) is 0 Å². The molecule has 21 heavy (non-hydrogen) atoms. The van der Waals surface area contributed by atoms with E-state index in [2.05, 4.69) is 0 Å². The molecule has 0 amide bonds. The van der Waals surface area contributed by atoms with Gasteiger partial charge >= 0.3 is 0 Å². The van der Waals surface area contributed by atoms with Gasteiger partial charge in [-0.3, -0.25) is 0 Å². The Bertz CT molecular complexity index is 601. The summed E-state index contributed by atoms with van der Waals surface area (Å²) in [6, 6.07) is 13.6. The van der Waals surface area contributed by atoms with Gasteiger partial charge in [0.25, 0.3) is 0 Å². The SMILES string of the molecule is Cc1cccc(OCCC(N)Cc2cccc(Cl)c2Cl)c1. The Morgan fingerprint density at radius 2 is 1.90 bits per heavy atom. The standard InChI is InChI=1S/C17H19Cl2NO/c1-12-4-2-6-15(10-12)21-9-8-14(20)11-13-5-3-7-16(18)17(13)19/h2-7,10,14H,8-9,11,20H2,1H3. The van der Waals surface area contributed by atoms with Crippen LogP contribution >= 0.6 is 23.2 Å². The van der Waals surface area contributed by atoms with Crippen LogP contribution in [0.1, 0.15) is 17.5 Å². The number of benzene rings is 2. The summed E-state index contributed by atoms with van der Waals surface area (Å²) in [6.07, 6.45) is 1.45. The van der Waals surface area contributed by atoms with Gasteiger partial charge in [0.1, 0.15) is 5.75 Å².